The van der Waals surface area contributed by atoms with Crippen LogP contribution in [0.5, 0.6) is 5.75 Å². The van der Waals surface area contributed by atoms with Gasteiger partial charge < -0.3 is 25.1 Å². The molecule has 10 nitrogen and oxygen atoms in total. The number of hydrogen-bond donors (Lipinski definition) is 4. The standard InChI is InChI=1S/C24H30N4O6S/c1-24(2,3)34-23(30)25-12-11-16-14-26-21-10-9-19(13-20(16)21)33-15-22(29)27-17-5-7-18(8-6-17)28-35(4,31)32/h5-10,13-14,26,28H,11-12,15H2,1-4H3,(H,25,30)(H,27,29). The molecule has 1 aromatic heterocycles. The van der Waals surface area contributed by atoms with Gasteiger partial charge in [-0.15, -0.1) is 0 Å². The smallest absolute Gasteiger partial charge is 0.407 e. The summed E-state index contributed by atoms with van der Waals surface area (Å²) in [6, 6.07) is 11.8. The maximum absolute atomic E-state index is 12.3. The topological polar surface area (TPSA) is 139 Å². The van der Waals surface area contributed by atoms with E-state index in [1.54, 1.807) is 30.3 Å². The van der Waals surface area contributed by atoms with Gasteiger partial charge in [0.05, 0.1) is 6.26 Å². The normalized spacial score (nSPS) is 11.7. The number of H-pyrrole nitrogens is 1. The third kappa shape index (κ3) is 8.53. The Morgan fingerprint density at radius 2 is 1.71 bits per heavy atom. The molecule has 35 heavy (non-hydrogen) atoms. The molecule has 1 heterocycles. The molecule has 0 saturated carbocycles. The lowest BCUT2D eigenvalue weighted by atomic mass is 10.1. The highest BCUT2D eigenvalue weighted by Gasteiger charge is 2.16. The fourth-order valence-corrected chi connectivity index (χ4v) is 3.81. The van der Waals surface area contributed by atoms with E-state index in [9.17, 15) is 18.0 Å². The van der Waals surface area contributed by atoms with Gasteiger partial charge in [0.15, 0.2) is 6.61 Å². The zero-order valence-corrected chi connectivity index (χ0v) is 20.9. The zero-order valence-electron chi connectivity index (χ0n) is 20.1. The molecule has 0 fully saturated rings. The van der Waals surface area contributed by atoms with Gasteiger partial charge in [0.25, 0.3) is 5.91 Å². The third-order valence-electron chi connectivity index (χ3n) is 4.64. The minimum atomic E-state index is -3.37. The first-order valence-corrected chi connectivity index (χ1v) is 12.8. The van der Waals surface area contributed by atoms with Crippen molar-refractivity contribution in [3.63, 3.8) is 0 Å². The van der Waals surface area contributed by atoms with E-state index in [0.717, 1.165) is 22.7 Å². The van der Waals surface area contributed by atoms with E-state index in [1.165, 1.54) is 0 Å². The number of ether oxygens (including phenoxy) is 2. The van der Waals surface area contributed by atoms with E-state index in [2.05, 4.69) is 20.3 Å². The molecule has 0 aliphatic rings. The van der Waals surface area contributed by atoms with Crippen molar-refractivity contribution in [3.05, 3.63) is 54.2 Å². The lowest BCUT2D eigenvalue weighted by Gasteiger charge is -2.19. The molecule has 0 bridgehead atoms. The lowest BCUT2D eigenvalue weighted by molar-refractivity contribution is -0.118. The fraction of sp³-hybridized carbons (Fsp3) is 0.333. The molecule has 4 N–H and O–H groups in total. The van der Waals surface area contributed by atoms with Crippen molar-refractivity contribution in [1.82, 2.24) is 10.3 Å². The molecule has 0 radical (unpaired) electrons. The monoisotopic (exact) mass is 502 g/mol. The second-order valence-electron chi connectivity index (χ2n) is 8.99. The lowest BCUT2D eigenvalue weighted by Crippen LogP contribution is -2.33. The van der Waals surface area contributed by atoms with Gasteiger partial charge in [-0.3, -0.25) is 9.52 Å². The van der Waals surface area contributed by atoms with Crippen LogP contribution in [0.4, 0.5) is 16.2 Å². The number of sulfonamides is 1. The van der Waals surface area contributed by atoms with E-state index >= 15 is 0 Å². The van der Waals surface area contributed by atoms with E-state index in [0.29, 0.717) is 30.1 Å². The van der Waals surface area contributed by atoms with Crippen molar-refractivity contribution in [2.24, 2.45) is 0 Å². The summed E-state index contributed by atoms with van der Waals surface area (Å²) in [4.78, 5) is 27.3. The van der Waals surface area contributed by atoms with Crippen LogP contribution in [0, 0.1) is 0 Å². The van der Waals surface area contributed by atoms with Crippen LogP contribution in [0.3, 0.4) is 0 Å². The molecule has 0 unspecified atom stereocenters. The highest BCUT2D eigenvalue weighted by Crippen LogP contribution is 2.24. The molecule has 0 atom stereocenters. The molecule has 188 valence electrons. The molecule has 3 aromatic rings. The first-order valence-electron chi connectivity index (χ1n) is 11.0. The van der Waals surface area contributed by atoms with Crippen LogP contribution in [-0.4, -0.2) is 50.4 Å². The molecule has 0 saturated heterocycles. The predicted molar refractivity (Wildman–Crippen MR) is 135 cm³/mol. The minimum Gasteiger partial charge on any atom is -0.484 e. The summed E-state index contributed by atoms with van der Waals surface area (Å²) in [5.74, 6) is 0.172. The number of benzene rings is 2. The second kappa shape index (κ2) is 10.7. The summed E-state index contributed by atoms with van der Waals surface area (Å²) in [6.45, 7) is 5.64. The molecule has 2 aromatic carbocycles. The van der Waals surface area contributed by atoms with Crippen molar-refractivity contribution < 1.29 is 27.5 Å². The van der Waals surface area contributed by atoms with Crippen LogP contribution in [0.15, 0.2) is 48.7 Å². The fourth-order valence-electron chi connectivity index (χ4n) is 3.25. The Morgan fingerprint density at radius 3 is 2.37 bits per heavy atom. The van der Waals surface area contributed by atoms with Crippen LogP contribution >= 0.6 is 0 Å². The van der Waals surface area contributed by atoms with Gasteiger partial charge in [0.2, 0.25) is 10.0 Å². The van der Waals surface area contributed by atoms with Crippen LogP contribution in [0.25, 0.3) is 10.9 Å². The molecule has 11 heteroatoms. The number of amides is 2. The van der Waals surface area contributed by atoms with E-state index in [-0.39, 0.29) is 12.5 Å². The van der Waals surface area contributed by atoms with Crippen molar-refractivity contribution in [2.75, 3.05) is 29.4 Å². The summed E-state index contributed by atoms with van der Waals surface area (Å²) < 4.78 is 35.8. The number of anilines is 2. The summed E-state index contributed by atoms with van der Waals surface area (Å²) in [6.07, 6.45) is 3.07. The van der Waals surface area contributed by atoms with E-state index < -0.39 is 21.7 Å². The number of alkyl carbamates (subject to hydrolysis) is 1. The molecule has 2 amide bonds. The molecule has 3 rings (SSSR count). The summed E-state index contributed by atoms with van der Waals surface area (Å²) in [7, 11) is -3.37. The summed E-state index contributed by atoms with van der Waals surface area (Å²) in [5, 5.41) is 6.38. The van der Waals surface area contributed by atoms with Crippen LogP contribution < -0.4 is 20.1 Å². The maximum atomic E-state index is 12.3. The van der Waals surface area contributed by atoms with Crippen molar-refractivity contribution in [3.8, 4) is 5.75 Å². The molecular formula is C24H30N4O6S. The molecule has 0 aliphatic heterocycles. The molecule has 0 aliphatic carbocycles. The Morgan fingerprint density at radius 1 is 1.03 bits per heavy atom. The van der Waals surface area contributed by atoms with E-state index in [4.69, 9.17) is 9.47 Å². The zero-order chi connectivity index (χ0) is 25.6. The average molecular weight is 503 g/mol. The maximum Gasteiger partial charge on any atom is 0.407 e. The Kier molecular flexibility index (Phi) is 7.90. The Hall–Kier alpha value is -3.73. The van der Waals surface area contributed by atoms with Gasteiger partial charge in [0, 0.05) is 35.0 Å². The first-order chi connectivity index (χ1) is 16.4. The molecule has 0 spiro atoms. The van der Waals surface area contributed by atoms with Gasteiger partial charge in [-0.25, -0.2) is 13.2 Å². The number of hydrogen-bond acceptors (Lipinski definition) is 6. The minimum absolute atomic E-state index is 0.200. The van der Waals surface area contributed by atoms with Gasteiger partial charge >= 0.3 is 6.09 Å². The third-order valence-corrected chi connectivity index (χ3v) is 5.25. The van der Waals surface area contributed by atoms with Crippen molar-refractivity contribution >= 4 is 44.3 Å². The van der Waals surface area contributed by atoms with Gasteiger partial charge in [-0.05, 0) is 75.2 Å². The Balaban J connectivity index is 1.53. The first kappa shape index (κ1) is 25.9. The summed E-state index contributed by atoms with van der Waals surface area (Å²) in [5.41, 5.74) is 2.27. The number of fused-ring (bicyclic) bond motifs is 1. The quantitative estimate of drug-likeness (QED) is 0.352. The number of nitrogens with one attached hydrogen (secondary N) is 4. The SMILES string of the molecule is CC(C)(C)OC(=O)NCCc1c[nH]c2ccc(OCC(=O)Nc3ccc(NS(C)(=O)=O)cc3)cc12. The highest BCUT2D eigenvalue weighted by molar-refractivity contribution is 7.92. The van der Waals surface area contributed by atoms with Gasteiger partial charge in [-0.1, -0.05) is 0 Å². The Labute approximate surface area is 204 Å². The van der Waals surface area contributed by atoms with Crippen LogP contribution in [0.2, 0.25) is 0 Å². The number of aromatic amines is 1. The average Bonchev–Trinajstić information content (AvgIpc) is 3.14. The molecular weight excluding hydrogens is 472 g/mol. The predicted octanol–water partition coefficient (Wildman–Crippen LogP) is 3.62. The number of aromatic nitrogens is 1. The number of carbonyl (C=O) groups is 2. The Bertz CT molecular complexity index is 1290. The van der Waals surface area contributed by atoms with Crippen LogP contribution in [0.1, 0.15) is 26.3 Å². The van der Waals surface area contributed by atoms with Crippen LogP contribution in [-0.2, 0) is 26.0 Å². The highest BCUT2D eigenvalue weighted by atomic mass is 32.2. The van der Waals surface area contributed by atoms with Crippen molar-refractivity contribution in [2.45, 2.75) is 32.8 Å². The second-order valence-corrected chi connectivity index (χ2v) is 10.7. The van der Waals surface area contributed by atoms with E-state index in [1.807, 2.05) is 39.1 Å². The largest absolute Gasteiger partial charge is 0.484 e. The van der Waals surface area contributed by atoms with Gasteiger partial charge in [-0.2, -0.15) is 0 Å². The number of rotatable bonds is 9. The number of carbonyl (C=O) groups excluding carboxylic acids is 2. The van der Waals surface area contributed by atoms with Gasteiger partial charge in [0.1, 0.15) is 11.4 Å². The summed E-state index contributed by atoms with van der Waals surface area (Å²) >= 11 is 0. The van der Waals surface area contributed by atoms with Crippen molar-refractivity contribution in [1.29, 1.82) is 0 Å².